The number of aromatic nitrogens is 2. The summed E-state index contributed by atoms with van der Waals surface area (Å²) in [5.74, 6) is -0.0579. The zero-order chi connectivity index (χ0) is 12.3. The molecule has 0 aliphatic carbocycles. The normalized spacial score (nSPS) is 12.9. The highest BCUT2D eigenvalue weighted by Crippen LogP contribution is 2.08. The molecule has 0 spiro atoms. The van der Waals surface area contributed by atoms with E-state index in [-0.39, 0.29) is 5.91 Å². The number of hydrogen-bond donors (Lipinski definition) is 2. The maximum atomic E-state index is 11.9. The minimum Gasteiger partial charge on any atom is -0.350 e. The zero-order valence-corrected chi connectivity index (χ0v) is 10.6. The van der Waals surface area contributed by atoms with Crippen LogP contribution in [0.4, 0.5) is 0 Å². The molecule has 1 aromatic heterocycles. The molecular weight excluding hydrogens is 204 g/mol. The highest BCUT2D eigenvalue weighted by molar-refractivity contribution is 5.96. The highest BCUT2D eigenvalue weighted by Gasteiger charge is 2.15. The summed E-state index contributed by atoms with van der Waals surface area (Å²) in [6, 6.07) is 0.316. The monoisotopic (exact) mass is 224 g/mol. The van der Waals surface area contributed by atoms with Crippen LogP contribution >= 0.6 is 0 Å². The fourth-order valence-corrected chi connectivity index (χ4v) is 1.40. The lowest BCUT2D eigenvalue weighted by atomic mass is 10.2. The van der Waals surface area contributed by atoms with Gasteiger partial charge in [0, 0.05) is 18.3 Å². The molecule has 1 amide bonds. The summed E-state index contributed by atoms with van der Waals surface area (Å²) in [6.07, 6.45) is 0. The molecule has 5 nitrogen and oxygen atoms in total. The number of carbonyl (C=O) groups excluding carboxylic acids is 1. The van der Waals surface area contributed by atoms with Gasteiger partial charge in [0.1, 0.15) is 0 Å². The minimum absolute atomic E-state index is 0.0579. The molecule has 1 heterocycles. The number of hydrogen-bond acceptors (Lipinski definition) is 3. The summed E-state index contributed by atoms with van der Waals surface area (Å²) in [6.45, 7) is 6.38. The van der Waals surface area contributed by atoms with Crippen molar-refractivity contribution < 1.29 is 4.79 Å². The van der Waals surface area contributed by atoms with Crippen LogP contribution in [0.25, 0.3) is 0 Å². The number of likely N-dealkylation sites (N-methyl/N-ethyl adjacent to an activating group) is 1. The van der Waals surface area contributed by atoms with Crippen molar-refractivity contribution in [3.05, 3.63) is 17.0 Å². The van der Waals surface area contributed by atoms with Crippen LogP contribution < -0.4 is 5.32 Å². The Morgan fingerprint density at radius 2 is 2.12 bits per heavy atom. The summed E-state index contributed by atoms with van der Waals surface area (Å²) in [5, 5.41) is 9.72. The predicted molar refractivity (Wildman–Crippen MR) is 63.5 cm³/mol. The van der Waals surface area contributed by atoms with Crippen LogP contribution in [-0.4, -0.2) is 47.7 Å². The third-order valence-corrected chi connectivity index (χ3v) is 2.79. The SMILES string of the molecule is Cc1n[nH]c(C)c1C(=O)NCC(C)N(C)C. The van der Waals surface area contributed by atoms with Gasteiger partial charge in [-0.1, -0.05) is 0 Å². The molecule has 1 rings (SSSR count). The van der Waals surface area contributed by atoms with Gasteiger partial charge in [-0.3, -0.25) is 9.89 Å². The van der Waals surface area contributed by atoms with Gasteiger partial charge in [-0.25, -0.2) is 0 Å². The van der Waals surface area contributed by atoms with Crippen molar-refractivity contribution in [3.8, 4) is 0 Å². The molecule has 0 saturated heterocycles. The van der Waals surface area contributed by atoms with Crippen LogP contribution in [0.1, 0.15) is 28.7 Å². The summed E-state index contributed by atoms with van der Waals surface area (Å²) in [5.41, 5.74) is 2.21. The minimum atomic E-state index is -0.0579. The van der Waals surface area contributed by atoms with Crippen LogP contribution in [0.15, 0.2) is 0 Å². The molecule has 1 aromatic rings. The van der Waals surface area contributed by atoms with Gasteiger partial charge in [0.2, 0.25) is 0 Å². The van der Waals surface area contributed by atoms with Crippen LogP contribution in [0.2, 0.25) is 0 Å². The summed E-state index contributed by atoms with van der Waals surface area (Å²) < 4.78 is 0. The summed E-state index contributed by atoms with van der Waals surface area (Å²) in [4.78, 5) is 13.9. The Labute approximate surface area is 96.2 Å². The van der Waals surface area contributed by atoms with Crippen molar-refractivity contribution in [1.82, 2.24) is 20.4 Å². The molecule has 0 bridgehead atoms. The number of aromatic amines is 1. The second kappa shape index (κ2) is 5.12. The van der Waals surface area contributed by atoms with Crippen molar-refractivity contribution in [1.29, 1.82) is 0 Å². The number of carbonyl (C=O) groups is 1. The first-order valence-electron chi connectivity index (χ1n) is 5.39. The second-order valence-electron chi connectivity index (χ2n) is 4.33. The van der Waals surface area contributed by atoms with Crippen LogP contribution in [0.5, 0.6) is 0 Å². The molecule has 0 aromatic carbocycles. The number of amides is 1. The zero-order valence-electron chi connectivity index (χ0n) is 10.6. The van der Waals surface area contributed by atoms with E-state index in [1.807, 2.05) is 27.9 Å². The molecule has 1 unspecified atom stereocenters. The van der Waals surface area contributed by atoms with Crippen LogP contribution in [0, 0.1) is 13.8 Å². The molecule has 0 fully saturated rings. The standard InChI is InChI=1S/C11H20N4O/c1-7(15(4)5)6-12-11(16)10-8(2)13-14-9(10)3/h7H,6H2,1-5H3,(H,12,16)(H,13,14). The first-order valence-corrected chi connectivity index (χ1v) is 5.39. The average molecular weight is 224 g/mol. The molecule has 2 N–H and O–H groups in total. The van der Waals surface area contributed by atoms with E-state index in [1.165, 1.54) is 0 Å². The van der Waals surface area contributed by atoms with E-state index in [1.54, 1.807) is 0 Å². The van der Waals surface area contributed by atoms with Crippen LogP contribution in [0.3, 0.4) is 0 Å². The number of nitrogens with one attached hydrogen (secondary N) is 2. The van der Waals surface area contributed by atoms with Gasteiger partial charge in [0.05, 0.1) is 11.3 Å². The van der Waals surface area contributed by atoms with Gasteiger partial charge in [-0.2, -0.15) is 5.10 Å². The lowest BCUT2D eigenvalue weighted by Crippen LogP contribution is -2.38. The van der Waals surface area contributed by atoms with Gasteiger partial charge < -0.3 is 10.2 Å². The summed E-state index contributed by atoms with van der Waals surface area (Å²) in [7, 11) is 3.98. The lowest BCUT2D eigenvalue weighted by Gasteiger charge is -2.19. The fraction of sp³-hybridized carbons (Fsp3) is 0.636. The third kappa shape index (κ3) is 2.82. The number of rotatable bonds is 4. The largest absolute Gasteiger partial charge is 0.350 e. The average Bonchev–Trinajstić information content (AvgIpc) is 2.54. The quantitative estimate of drug-likeness (QED) is 0.791. The molecule has 16 heavy (non-hydrogen) atoms. The van der Waals surface area contributed by atoms with Crippen molar-refractivity contribution in [2.75, 3.05) is 20.6 Å². The van der Waals surface area contributed by atoms with Crippen molar-refractivity contribution in [2.45, 2.75) is 26.8 Å². The van der Waals surface area contributed by atoms with Gasteiger partial charge in [0.25, 0.3) is 5.91 Å². The Bertz CT molecular complexity index is 351. The molecular formula is C11H20N4O. The maximum Gasteiger partial charge on any atom is 0.255 e. The summed E-state index contributed by atoms with van der Waals surface area (Å²) >= 11 is 0. The van der Waals surface area contributed by atoms with Crippen molar-refractivity contribution in [3.63, 3.8) is 0 Å². The van der Waals surface area contributed by atoms with E-state index in [4.69, 9.17) is 0 Å². The topological polar surface area (TPSA) is 61.0 Å². The van der Waals surface area contributed by atoms with Gasteiger partial charge in [0.15, 0.2) is 0 Å². The van der Waals surface area contributed by atoms with Crippen molar-refractivity contribution >= 4 is 5.91 Å². The maximum absolute atomic E-state index is 11.9. The van der Waals surface area contributed by atoms with Gasteiger partial charge in [-0.15, -0.1) is 0 Å². The van der Waals surface area contributed by atoms with E-state index >= 15 is 0 Å². The van der Waals surface area contributed by atoms with Gasteiger partial charge >= 0.3 is 0 Å². The second-order valence-corrected chi connectivity index (χ2v) is 4.33. The Morgan fingerprint density at radius 3 is 2.56 bits per heavy atom. The van der Waals surface area contributed by atoms with E-state index in [0.29, 0.717) is 18.2 Å². The molecule has 0 aliphatic heterocycles. The van der Waals surface area contributed by atoms with E-state index in [9.17, 15) is 4.79 Å². The highest BCUT2D eigenvalue weighted by atomic mass is 16.1. The number of aryl methyl sites for hydroxylation is 2. The fourth-order valence-electron chi connectivity index (χ4n) is 1.40. The van der Waals surface area contributed by atoms with E-state index in [0.717, 1.165) is 11.4 Å². The van der Waals surface area contributed by atoms with E-state index < -0.39 is 0 Å². The first-order chi connectivity index (χ1) is 7.43. The van der Waals surface area contributed by atoms with Crippen LogP contribution in [-0.2, 0) is 0 Å². The molecule has 1 atom stereocenters. The Morgan fingerprint density at radius 1 is 1.50 bits per heavy atom. The lowest BCUT2D eigenvalue weighted by molar-refractivity contribution is 0.0942. The Balaban J connectivity index is 2.60. The molecule has 0 aliphatic rings. The molecule has 0 saturated carbocycles. The van der Waals surface area contributed by atoms with Gasteiger partial charge in [-0.05, 0) is 34.9 Å². The van der Waals surface area contributed by atoms with Crippen molar-refractivity contribution in [2.24, 2.45) is 0 Å². The first kappa shape index (κ1) is 12.7. The molecule has 0 radical (unpaired) electrons. The molecule has 5 heteroatoms. The number of nitrogens with zero attached hydrogens (tertiary/aromatic N) is 2. The number of H-pyrrole nitrogens is 1. The smallest absolute Gasteiger partial charge is 0.255 e. The third-order valence-electron chi connectivity index (χ3n) is 2.79. The molecule has 90 valence electrons. The van der Waals surface area contributed by atoms with E-state index in [2.05, 4.69) is 27.3 Å². The Hall–Kier alpha value is -1.36. The Kier molecular flexibility index (Phi) is 4.06. The predicted octanol–water partition coefficient (Wildman–Crippen LogP) is 0.706.